The van der Waals surface area contributed by atoms with E-state index in [0.717, 1.165) is 16.7 Å². The van der Waals surface area contributed by atoms with E-state index < -0.39 is 6.10 Å². The summed E-state index contributed by atoms with van der Waals surface area (Å²) in [5.74, 6) is 0.229. The highest BCUT2D eigenvalue weighted by Gasteiger charge is 2.16. The zero-order chi connectivity index (χ0) is 11.7. The fourth-order valence-electron chi connectivity index (χ4n) is 1.99. The molecule has 0 aromatic heterocycles. The van der Waals surface area contributed by atoms with E-state index in [1.807, 2.05) is 25.1 Å². The van der Waals surface area contributed by atoms with E-state index in [0.29, 0.717) is 12.2 Å². The van der Waals surface area contributed by atoms with Crippen LogP contribution in [-0.2, 0) is 11.2 Å². The molecule has 0 heterocycles. The van der Waals surface area contributed by atoms with Crippen molar-refractivity contribution in [1.29, 1.82) is 0 Å². The summed E-state index contributed by atoms with van der Waals surface area (Å²) in [6.45, 7) is 3.32. The number of ether oxygens (including phenoxy) is 1. The van der Waals surface area contributed by atoms with Gasteiger partial charge in [0, 0.05) is 13.3 Å². The molecule has 0 aliphatic heterocycles. The monoisotopic (exact) mass is 218 g/mol. The van der Waals surface area contributed by atoms with Gasteiger partial charge in [0.1, 0.15) is 5.75 Å². The van der Waals surface area contributed by atoms with Crippen LogP contribution in [0.4, 0.5) is 0 Å². The summed E-state index contributed by atoms with van der Waals surface area (Å²) in [4.78, 5) is 10.8. The summed E-state index contributed by atoms with van der Waals surface area (Å²) in [7, 11) is 0. The Bertz CT molecular complexity index is 460. The molecule has 1 aliphatic rings. The average molecular weight is 218 g/mol. The van der Waals surface area contributed by atoms with Gasteiger partial charge in [-0.25, -0.2) is 0 Å². The number of rotatable bonds is 1. The molecule has 0 spiro atoms. The Balaban J connectivity index is 2.37. The fraction of sp³-hybridized carbons (Fsp3) is 0.308. The van der Waals surface area contributed by atoms with Crippen molar-refractivity contribution in [3.8, 4) is 5.75 Å². The quantitative estimate of drug-likeness (QED) is 0.578. The standard InChI is InChI=1S/C13H14O3/c1-8-5-11(15)6-10-3-4-12(7-13(8)10)16-9(2)14/h3-5,7,11,15H,6H2,1-2H3. The van der Waals surface area contributed by atoms with Crippen LogP contribution in [0.25, 0.3) is 5.57 Å². The summed E-state index contributed by atoms with van der Waals surface area (Å²) < 4.78 is 5.03. The number of aliphatic hydroxyl groups excluding tert-OH is 1. The third-order valence-electron chi connectivity index (χ3n) is 2.64. The number of carbonyl (C=O) groups excluding carboxylic acids is 1. The van der Waals surface area contributed by atoms with Gasteiger partial charge < -0.3 is 9.84 Å². The predicted octanol–water partition coefficient (Wildman–Crippen LogP) is 1.93. The van der Waals surface area contributed by atoms with E-state index in [9.17, 15) is 9.90 Å². The van der Waals surface area contributed by atoms with Crippen LogP contribution in [-0.4, -0.2) is 17.2 Å². The minimum absolute atomic E-state index is 0.322. The summed E-state index contributed by atoms with van der Waals surface area (Å²) in [6.07, 6.45) is 2.03. The molecule has 1 unspecified atom stereocenters. The van der Waals surface area contributed by atoms with Gasteiger partial charge in [-0.1, -0.05) is 12.1 Å². The van der Waals surface area contributed by atoms with Gasteiger partial charge >= 0.3 is 5.97 Å². The molecular formula is C13H14O3. The molecule has 2 rings (SSSR count). The normalized spacial score (nSPS) is 18.7. The first-order chi connectivity index (χ1) is 7.56. The van der Waals surface area contributed by atoms with Crippen LogP contribution in [0.1, 0.15) is 25.0 Å². The summed E-state index contributed by atoms with van der Waals surface area (Å²) in [5, 5.41) is 9.58. The molecule has 1 aromatic carbocycles. The van der Waals surface area contributed by atoms with Gasteiger partial charge in [-0.05, 0) is 35.8 Å². The van der Waals surface area contributed by atoms with Crippen LogP contribution in [0.15, 0.2) is 24.3 Å². The highest BCUT2D eigenvalue weighted by molar-refractivity contribution is 5.73. The molecule has 3 heteroatoms. The molecule has 0 bridgehead atoms. The Kier molecular flexibility index (Phi) is 2.79. The molecule has 0 amide bonds. The largest absolute Gasteiger partial charge is 0.427 e. The molecule has 16 heavy (non-hydrogen) atoms. The summed E-state index contributed by atoms with van der Waals surface area (Å²) >= 11 is 0. The number of carbonyl (C=O) groups is 1. The molecule has 0 radical (unpaired) electrons. The van der Waals surface area contributed by atoms with Gasteiger partial charge in [0.05, 0.1) is 6.10 Å². The van der Waals surface area contributed by atoms with Crippen molar-refractivity contribution in [3.63, 3.8) is 0 Å². The first-order valence-corrected chi connectivity index (χ1v) is 5.24. The second-order valence-electron chi connectivity index (χ2n) is 4.03. The minimum Gasteiger partial charge on any atom is -0.427 e. The topological polar surface area (TPSA) is 46.5 Å². The van der Waals surface area contributed by atoms with Crippen molar-refractivity contribution < 1.29 is 14.6 Å². The number of hydrogen-bond donors (Lipinski definition) is 1. The molecule has 0 saturated heterocycles. The second-order valence-corrected chi connectivity index (χ2v) is 4.03. The maximum absolute atomic E-state index is 10.8. The van der Waals surface area contributed by atoms with E-state index in [1.165, 1.54) is 6.92 Å². The van der Waals surface area contributed by atoms with Gasteiger partial charge in [-0.3, -0.25) is 4.79 Å². The van der Waals surface area contributed by atoms with Gasteiger partial charge in [-0.15, -0.1) is 0 Å². The van der Waals surface area contributed by atoms with Gasteiger partial charge in [0.15, 0.2) is 0 Å². The lowest BCUT2D eigenvalue weighted by Crippen LogP contribution is -2.14. The number of aliphatic hydroxyl groups is 1. The van der Waals surface area contributed by atoms with Crippen molar-refractivity contribution in [1.82, 2.24) is 0 Å². The van der Waals surface area contributed by atoms with Gasteiger partial charge in [0.25, 0.3) is 0 Å². The third-order valence-corrected chi connectivity index (χ3v) is 2.64. The number of fused-ring (bicyclic) bond motifs is 1. The minimum atomic E-state index is -0.410. The van der Waals surface area contributed by atoms with E-state index in [1.54, 1.807) is 6.07 Å². The maximum atomic E-state index is 10.8. The van der Waals surface area contributed by atoms with E-state index >= 15 is 0 Å². The fourth-order valence-corrected chi connectivity index (χ4v) is 1.99. The van der Waals surface area contributed by atoms with E-state index in [2.05, 4.69) is 0 Å². The molecule has 1 aliphatic carbocycles. The Hall–Kier alpha value is -1.61. The average Bonchev–Trinajstić information content (AvgIpc) is 2.18. The highest BCUT2D eigenvalue weighted by Crippen LogP contribution is 2.29. The van der Waals surface area contributed by atoms with Crippen molar-refractivity contribution in [2.75, 3.05) is 0 Å². The molecule has 3 nitrogen and oxygen atoms in total. The lowest BCUT2D eigenvalue weighted by molar-refractivity contribution is -0.131. The Morgan fingerprint density at radius 1 is 1.50 bits per heavy atom. The predicted molar refractivity (Wildman–Crippen MR) is 61.1 cm³/mol. The highest BCUT2D eigenvalue weighted by atomic mass is 16.5. The van der Waals surface area contributed by atoms with Crippen LogP contribution < -0.4 is 4.74 Å². The lowest BCUT2D eigenvalue weighted by atomic mass is 9.90. The van der Waals surface area contributed by atoms with Crippen molar-refractivity contribution >= 4 is 11.5 Å². The Morgan fingerprint density at radius 2 is 2.25 bits per heavy atom. The third kappa shape index (κ3) is 2.14. The van der Waals surface area contributed by atoms with Gasteiger partial charge in [0.2, 0.25) is 0 Å². The SMILES string of the molecule is CC(=O)Oc1ccc2c(c1)C(C)=CC(O)C2. The maximum Gasteiger partial charge on any atom is 0.308 e. The summed E-state index contributed by atoms with van der Waals surface area (Å²) in [5.41, 5.74) is 3.15. The molecule has 1 N–H and O–H groups in total. The number of esters is 1. The van der Waals surface area contributed by atoms with Crippen LogP contribution in [0.2, 0.25) is 0 Å². The second kappa shape index (κ2) is 4.10. The van der Waals surface area contributed by atoms with Crippen LogP contribution in [0.3, 0.4) is 0 Å². The van der Waals surface area contributed by atoms with Crippen LogP contribution >= 0.6 is 0 Å². The van der Waals surface area contributed by atoms with Crippen molar-refractivity contribution in [2.24, 2.45) is 0 Å². The first kappa shape index (κ1) is 10.9. The molecule has 84 valence electrons. The first-order valence-electron chi connectivity index (χ1n) is 5.24. The molecule has 1 atom stereocenters. The van der Waals surface area contributed by atoms with E-state index in [-0.39, 0.29) is 5.97 Å². The van der Waals surface area contributed by atoms with E-state index in [4.69, 9.17) is 4.74 Å². The number of hydrogen-bond acceptors (Lipinski definition) is 3. The van der Waals surface area contributed by atoms with Crippen LogP contribution in [0.5, 0.6) is 5.75 Å². The molecular weight excluding hydrogens is 204 g/mol. The van der Waals surface area contributed by atoms with Crippen molar-refractivity contribution in [2.45, 2.75) is 26.4 Å². The zero-order valence-electron chi connectivity index (χ0n) is 9.36. The van der Waals surface area contributed by atoms with Crippen LogP contribution in [0, 0.1) is 0 Å². The molecule has 1 aromatic rings. The van der Waals surface area contributed by atoms with Crippen molar-refractivity contribution in [3.05, 3.63) is 35.4 Å². The Labute approximate surface area is 94.4 Å². The molecule has 0 fully saturated rings. The Morgan fingerprint density at radius 3 is 2.94 bits per heavy atom. The number of benzene rings is 1. The molecule has 0 saturated carbocycles. The lowest BCUT2D eigenvalue weighted by Gasteiger charge is -2.19. The summed E-state index contributed by atoms with van der Waals surface area (Å²) in [6, 6.07) is 5.49. The van der Waals surface area contributed by atoms with Gasteiger partial charge in [-0.2, -0.15) is 0 Å². The smallest absolute Gasteiger partial charge is 0.308 e. The number of allylic oxidation sites excluding steroid dienone is 1. The zero-order valence-corrected chi connectivity index (χ0v) is 9.36.